The summed E-state index contributed by atoms with van der Waals surface area (Å²) in [5, 5.41) is 3.21. The molecule has 2 aromatic heterocycles. The van der Waals surface area contributed by atoms with E-state index in [9.17, 15) is 0 Å². The van der Waals surface area contributed by atoms with Crippen molar-refractivity contribution >= 4 is 43.4 Å². The Hall–Kier alpha value is -1.01. The number of anilines is 2. The van der Waals surface area contributed by atoms with E-state index < -0.39 is 0 Å². The normalized spacial score (nSPS) is 10.4. The Morgan fingerprint density at radius 1 is 1.17 bits per heavy atom. The molecule has 6 heteroatoms. The highest BCUT2D eigenvalue weighted by atomic mass is 79.9. The molecule has 0 aromatic carbocycles. The molecule has 0 bridgehead atoms. The molecule has 18 heavy (non-hydrogen) atoms. The molecule has 0 aliphatic rings. The van der Waals surface area contributed by atoms with E-state index in [1.54, 1.807) is 12.4 Å². The molecule has 94 valence electrons. The van der Waals surface area contributed by atoms with Crippen LogP contribution in [0.4, 0.5) is 11.5 Å². The van der Waals surface area contributed by atoms with Gasteiger partial charge in [-0.15, -0.1) is 0 Å². The van der Waals surface area contributed by atoms with Crippen LogP contribution in [0.1, 0.15) is 19.2 Å². The first-order valence-electron chi connectivity index (χ1n) is 5.58. The van der Waals surface area contributed by atoms with Gasteiger partial charge in [-0.3, -0.25) is 4.98 Å². The molecule has 0 spiro atoms. The second-order valence-electron chi connectivity index (χ2n) is 3.76. The molecule has 0 saturated carbocycles. The molecule has 0 aliphatic heterocycles. The van der Waals surface area contributed by atoms with Crippen molar-refractivity contribution in [3.63, 3.8) is 0 Å². The first kappa shape index (κ1) is 13.4. The molecule has 0 unspecified atom stereocenters. The number of aromatic nitrogens is 3. The molecular formula is C12H12Br2N4. The second-order valence-corrected chi connectivity index (χ2v) is 5.49. The fraction of sp³-hybridized carbons (Fsp3) is 0.250. The summed E-state index contributed by atoms with van der Waals surface area (Å²) in [6.07, 6.45) is 5.38. The van der Waals surface area contributed by atoms with Gasteiger partial charge in [0.05, 0.1) is 11.9 Å². The maximum absolute atomic E-state index is 4.45. The summed E-state index contributed by atoms with van der Waals surface area (Å²) >= 11 is 6.78. The number of hydrogen-bond donors (Lipinski definition) is 1. The smallest absolute Gasteiger partial charge is 0.135 e. The number of nitrogens with one attached hydrogen (secondary N) is 1. The van der Waals surface area contributed by atoms with E-state index in [2.05, 4.69) is 59.1 Å². The van der Waals surface area contributed by atoms with Crippen LogP contribution < -0.4 is 5.32 Å². The van der Waals surface area contributed by atoms with E-state index in [0.717, 1.165) is 39.2 Å². The summed E-state index contributed by atoms with van der Waals surface area (Å²) < 4.78 is 1.71. The van der Waals surface area contributed by atoms with Gasteiger partial charge in [-0.25, -0.2) is 9.97 Å². The van der Waals surface area contributed by atoms with E-state index >= 15 is 0 Å². The van der Waals surface area contributed by atoms with Crippen molar-refractivity contribution in [2.24, 2.45) is 0 Å². The Morgan fingerprint density at radius 3 is 2.72 bits per heavy atom. The lowest BCUT2D eigenvalue weighted by atomic mass is 10.3. The number of pyridine rings is 1. The van der Waals surface area contributed by atoms with Crippen molar-refractivity contribution in [1.29, 1.82) is 0 Å². The standard InChI is InChI=1S/C12H12Br2N4/c1-2-3-11-17-10(14)5-12(18-11)16-9-4-8(13)6-15-7-9/h4-7H,2-3H2,1H3,(H,16,17,18). The van der Waals surface area contributed by atoms with Crippen molar-refractivity contribution in [3.05, 3.63) is 39.4 Å². The minimum absolute atomic E-state index is 0.764. The molecule has 0 fully saturated rings. The number of aryl methyl sites for hydroxylation is 1. The van der Waals surface area contributed by atoms with Gasteiger partial charge in [0.1, 0.15) is 16.2 Å². The van der Waals surface area contributed by atoms with Gasteiger partial charge in [-0.2, -0.15) is 0 Å². The topological polar surface area (TPSA) is 50.7 Å². The summed E-state index contributed by atoms with van der Waals surface area (Å²) in [5.41, 5.74) is 0.887. The van der Waals surface area contributed by atoms with Gasteiger partial charge in [0.15, 0.2) is 0 Å². The minimum atomic E-state index is 0.764. The quantitative estimate of drug-likeness (QED) is 0.822. The van der Waals surface area contributed by atoms with Gasteiger partial charge in [-0.1, -0.05) is 6.92 Å². The Morgan fingerprint density at radius 2 is 2.00 bits per heavy atom. The van der Waals surface area contributed by atoms with E-state index in [-0.39, 0.29) is 0 Å². The molecule has 2 heterocycles. The summed E-state index contributed by atoms with van der Waals surface area (Å²) in [7, 11) is 0. The van der Waals surface area contributed by atoms with Crippen LogP contribution in [-0.2, 0) is 6.42 Å². The second kappa shape index (κ2) is 6.24. The van der Waals surface area contributed by atoms with Crippen molar-refractivity contribution in [2.75, 3.05) is 5.32 Å². The van der Waals surface area contributed by atoms with Gasteiger partial charge < -0.3 is 5.32 Å². The third-order valence-electron chi connectivity index (χ3n) is 2.19. The van der Waals surface area contributed by atoms with Crippen molar-refractivity contribution < 1.29 is 0 Å². The zero-order valence-corrected chi connectivity index (χ0v) is 13.0. The first-order valence-corrected chi connectivity index (χ1v) is 7.17. The summed E-state index contributed by atoms with van der Waals surface area (Å²) in [6, 6.07) is 3.79. The third kappa shape index (κ3) is 3.74. The minimum Gasteiger partial charge on any atom is -0.339 e. The SMILES string of the molecule is CCCc1nc(Br)cc(Nc2cncc(Br)c2)n1. The molecule has 4 nitrogen and oxygen atoms in total. The number of hydrogen-bond acceptors (Lipinski definition) is 4. The zero-order valence-electron chi connectivity index (χ0n) is 9.82. The maximum atomic E-state index is 4.45. The fourth-order valence-corrected chi connectivity index (χ4v) is 2.28. The van der Waals surface area contributed by atoms with Gasteiger partial charge in [-0.05, 0) is 44.3 Å². The van der Waals surface area contributed by atoms with E-state index in [1.165, 1.54) is 0 Å². The molecule has 2 aromatic rings. The Bertz CT molecular complexity index is 545. The average molecular weight is 372 g/mol. The summed E-state index contributed by atoms with van der Waals surface area (Å²) in [6.45, 7) is 2.11. The van der Waals surface area contributed by atoms with Crippen molar-refractivity contribution in [2.45, 2.75) is 19.8 Å². The van der Waals surface area contributed by atoms with Gasteiger partial charge in [0.25, 0.3) is 0 Å². The maximum Gasteiger partial charge on any atom is 0.135 e. The largest absolute Gasteiger partial charge is 0.339 e. The Labute approximate surface area is 123 Å². The van der Waals surface area contributed by atoms with Crippen molar-refractivity contribution in [3.8, 4) is 0 Å². The zero-order chi connectivity index (χ0) is 13.0. The lowest BCUT2D eigenvalue weighted by Gasteiger charge is -2.07. The molecule has 0 aliphatic carbocycles. The highest BCUT2D eigenvalue weighted by molar-refractivity contribution is 9.10. The lowest BCUT2D eigenvalue weighted by molar-refractivity contribution is 0.831. The number of nitrogens with zero attached hydrogens (tertiary/aromatic N) is 3. The van der Waals surface area contributed by atoms with Gasteiger partial charge in [0.2, 0.25) is 0 Å². The van der Waals surface area contributed by atoms with Crippen LogP contribution in [0.5, 0.6) is 0 Å². The van der Waals surface area contributed by atoms with Crippen LogP contribution in [0, 0.1) is 0 Å². The van der Waals surface area contributed by atoms with Crippen LogP contribution >= 0.6 is 31.9 Å². The molecule has 2 rings (SSSR count). The predicted octanol–water partition coefficient (Wildman–Crippen LogP) is 4.09. The van der Waals surface area contributed by atoms with Crippen LogP contribution in [0.2, 0.25) is 0 Å². The fourth-order valence-electron chi connectivity index (χ4n) is 1.49. The summed E-state index contributed by atoms with van der Waals surface area (Å²) in [4.78, 5) is 12.9. The van der Waals surface area contributed by atoms with Gasteiger partial charge >= 0.3 is 0 Å². The molecule has 0 atom stereocenters. The van der Waals surface area contributed by atoms with Crippen LogP contribution in [0.25, 0.3) is 0 Å². The Balaban J connectivity index is 2.23. The van der Waals surface area contributed by atoms with Crippen LogP contribution in [0.15, 0.2) is 33.6 Å². The van der Waals surface area contributed by atoms with Gasteiger partial charge in [0, 0.05) is 23.2 Å². The number of halogens is 2. The third-order valence-corrected chi connectivity index (χ3v) is 3.03. The first-order chi connectivity index (χ1) is 8.67. The Kier molecular flexibility index (Phi) is 4.66. The highest BCUT2D eigenvalue weighted by Gasteiger charge is 2.03. The van der Waals surface area contributed by atoms with E-state index in [4.69, 9.17) is 0 Å². The summed E-state index contributed by atoms with van der Waals surface area (Å²) in [5.74, 6) is 1.59. The van der Waals surface area contributed by atoms with E-state index in [1.807, 2.05) is 12.1 Å². The molecule has 0 amide bonds. The predicted molar refractivity (Wildman–Crippen MR) is 78.9 cm³/mol. The molecule has 0 saturated heterocycles. The van der Waals surface area contributed by atoms with Crippen molar-refractivity contribution in [1.82, 2.24) is 15.0 Å². The van der Waals surface area contributed by atoms with Crippen LogP contribution in [0.3, 0.4) is 0 Å². The lowest BCUT2D eigenvalue weighted by Crippen LogP contribution is -2.00. The monoisotopic (exact) mass is 370 g/mol. The average Bonchev–Trinajstić information content (AvgIpc) is 2.28. The molecule has 1 N–H and O–H groups in total. The van der Waals surface area contributed by atoms with Crippen LogP contribution in [-0.4, -0.2) is 15.0 Å². The highest BCUT2D eigenvalue weighted by Crippen LogP contribution is 2.20. The molecule has 0 radical (unpaired) electrons. The number of rotatable bonds is 4. The molecular weight excluding hydrogens is 360 g/mol. The van der Waals surface area contributed by atoms with E-state index in [0.29, 0.717) is 0 Å².